The van der Waals surface area contributed by atoms with Gasteiger partial charge in [-0.25, -0.2) is 8.42 Å². The van der Waals surface area contributed by atoms with E-state index in [1.54, 1.807) is 12.1 Å². The van der Waals surface area contributed by atoms with Gasteiger partial charge in [0, 0.05) is 25.6 Å². The van der Waals surface area contributed by atoms with E-state index in [0.29, 0.717) is 37.4 Å². The number of nitrogens with zero attached hydrogens (tertiary/aromatic N) is 1. The number of rotatable bonds is 7. The summed E-state index contributed by atoms with van der Waals surface area (Å²) in [6.07, 6.45) is 2.02. The summed E-state index contributed by atoms with van der Waals surface area (Å²) in [5.74, 6) is -0.0630. The fourth-order valence-corrected chi connectivity index (χ4v) is 4.73. The Morgan fingerprint density at radius 1 is 1.11 bits per heavy atom. The van der Waals surface area contributed by atoms with Crippen LogP contribution in [0.2, 0.25) is 0 Å². The van der Waals surface area contributed by atoms with E-state index in [1.807, 2.05) is 19.2 Å². The second-order valence-electron chi connectivity index (χ2n) is 8.20. The Bertz CT molecular complexity index is 716. The van der Waals surface area contributed by atoms with E-state index in [1.165, 1.54) is 4.31 Å². The lowest BCUT2D eigenvalue weighted by atomic mass is 9.87. The molecule has 1 aromatic carbocycles. The Balaban J connectivity index is 1.93. The van der Waals surface area contributed by atoms with Gasteiger partial charge in [0.05, 0.1) is 4.90 Å². The molecule has 6 nitrogen and oxygen atoms in total. The van der Waals surface area contributed by atoms with Crippen LogP contribution in [0.3, 0.4) is 0 Å². The van der Waals surface area contributed by atoms with Crippen molar-refractivity contribution in [1.29, 1.82) is 0 Å². The minimum Gasteiger partial charge on any atom is -0.356 e. The summed E-state index contributed by atoms with van der Waals surface area (Å²) in [7, 11) is -1.62. The first kappa shape index (κ1) is 21.9. The van der Waals surface area contributed by atoms with Crippen LogP contribution < -0.4 is 10.6 Å². The number of hydrogen-bond donors (Lipinski definition) is 2. The highest BCUT2D eigenvalue weighted by Gasteiger charge is 2.32. The summed E-state index contributed by atoms with van der Waals surface area (Å²) in [4.78, 5) is 12.5. The van der Waals surface area contributed by atoms with Crippen molar-refractivity contribution in [2.24, 2.45) is 5.92 Å². The van der Waals surface area contributed by atoms with Crippen LogP contribution in [0.25, 0.3) is 0 Å². The molecule has 0 radical (unpaired) electrons. The summed E-state index contributed by atoms with van der Waals surface area (Å²) in [5, 5.41) is 5.99. The maximum Gasteiger partial charge on any atom is 0.243 e. The van der Waals surface area contributed by atoms with E-state index in [2.05, 4.69) is 31.4 Å². The Hall–Kier alpha value is -1.44. The molecule has 27 heavy (non-hydrogen) atoms. The number of piperidine rings is 1. The molecule has 2 rings (SSSR count). The van der Waals surface area contributed by atoms with E-state index < -0.39 is 10.0 Å². The van der Waals surface area contributed by atoms with Crippen molar-refractivity contribution in [3.63, 3.8) is 0 Å². The molecule has 1 aliphatic heterocycles. The standard InChI is InChI=1S/C20H33N3O3S/c1-20(2,3)17-6-8-18(9-7-17)27(25,26)23-14-10-16(11-15-23)19(24)22-13-5-12-21-4/h6-9,16,21H,5,10-15H2,1-4H3,(H,22,24). The highest BCUT2D eigenvalue weighted by Crippen LogP contribution is 2.27. The smallest absolute Gasteiger partial charge is 0.243 e. The van der Waals surface area contributed by atoms with Crippen LogP contribution in [0.5, 0.6) is 0 Å². The first-order chi connectivity index (χ1) is 12.7. The Morgan fingerprint density at radius 3 is 2.22 bits per heavy atom. The van der Waals surface area contributed by atoms with Gasteiger partial charge >= 0.3 is 0 Å². The quantitative estimate of drug-likeness (QED) is 0.693. The van der Waals surface area contributed by atoms with Gasteiger partial charge in [0.2, 0.25) is 15.9 Å². The molecule has 2 N–H and O–H groups in total. The van der Waals surface area contributed by atoms with Gasteiger partial charge in [0.25, 0.3) is 0 Å². The van der Waals surface area contributed by atoms with Gasteiger partial charge in [0.1, 0.15) is 0 Å². The topological polar surface area (TPSA) is 78.5 Å². The van der Waals surface area contributed by atoms with Crippen LogP contribution in [0.15, 0.2) is 29.2 Å². The molecule has 1 aromatic rings. The molecule has 1 heterocycles. The van der Waals surface area contributed by atoms with Crippen LogP contribution in [-0.4, -0.2) is 51.9 Å². The molecule has 0 spiro atoms. The molecular formula is C20H33N3O3S. The third kappa shape index (κ3) is 5.77. The van der Waals surface area contributed by atoms with E-state index in [4.69, 9.17) is 0 Å². The molecule has 0 aromatic heterocycles. The lowest BCUT2D eigenvalue weighted by Gasteiger charge is -2.30. The van der Waals surface area contributed by atoms with Crippen molar-refractivity contribution in [1.82, 2.24) is 14.9 Å². The number of amides is 1. The number of nitrogens with one attached hydrogen (secondary N) is 2. The zero-order valence-corrected chi connectivity index (χ0v) is 17.7. The largest absolute Gasteiger partial charge is 0.356 e. The van der Waals surface area contributed by atoms with Gasteiger partial charge < -0.3 is 10.6 Å². The SMILES string of the molecule is CNCCCNC(=O)C1CCN(S(=O)(=O)c2ccc(C(C)(C)C)cc2)CC1. The number of sulfonamides is 1. The van der Waals surface area contributed by atoms with Gasteiger partial charge in [-0.05, 0) is 56.0 Å². The van der Waals surface area contributed by atoms with Gasteiger partial charge in [-0.1, -0.05) is 32.9 Å². The van der Waals surface area contributed by atoms with E-state index in [0.717, 1.165) is 18.5 Å². The number of carbonyl (C=O) groups excluding carboxylic acids is 1. The van der Waals surface area contributed by atoms with Crippen molar-refractivity contribution >= 4 is 15.9 Å². The molecule has 1 amide bonds. The fourth-order valence-electron chi connectivity index (χ4n) is 3.26. The molecule has 1 fully saturated rings. The number of hydrogen-bond acceptors (Lipinski definition) is 4. The molecule has 0 bridgehead atoms. The third-order valence-corrected chi connectivity index (χ3v) is 7.00. The Kier molecular flexibility index (Phi) is 7.42. The van der Waals surface area contributed by atoms with Crippen molar-refractivity contribution in [2.75, 3.05) is 33.2 Å². The second kappa shape index (κ2) is 9.17. The van der Waals surface area contributed by atoms with Crippen LogP contribution >= 0.6 is 0 Å². The number of benzene rings is 1. The van der Waals surface area contributed by atoms with Crippen LogP contribution in [-0.2, 0) is 20.2 Å². The zero-order chi connectivity index (χ0) is 20.1. The molecule has 0 atom stereocenters. The van der Waals surface area contributed by atoms with E-state index in [9.17, 15) is 13.2 Å². The molecule has 0 unspecified atom stereocenters. The molecule has 152 valence electrons. The number of carbonyl (C=O) groups is 1. The minimum absolute atomic E-state index is 0.0127. The van der Waals surface area contributed by atoms with Crippen LogP contribution in [0.1, 0.15) is 45.6 Å². The maximum atomic E-state index is 12.9. The first-order valence-corrected chi connectivity index (χ1v) is 11.1. The summed E-state index contributed by atoms with van der Waals surface area (Å²) in [6.45, 7) is 8.60. The fraction of sp³-hybridized carbons (Fsp3) is 0.650. The molecule has 1 saturated heterocycles. The van der Waals surface area contributed by atoms with Crippen molar-refractivity contribution in [3.05, 3.63) is 29.8 Å². The van der Waals surface area contributed by atoms with Crippen LogP contribution in [0.4, 0.5) is 0 Å². The van der Waals surface area contributed by atoms with Crippen molar-refractivity contribution in [2.45, 2.75) is 50.3 Å². The normalized spacial score (nSPS) is 17.0. The van der Waals surface area contributed by atoms with Gasteiger partial charge in [-0.3, -0.25) is 4.79 Å². The Labute approximate surface area is 163 Å². The van der Waals surface area contributed by atoms with Crippen LogP contribution in [0, 0.1) is 5.92 Å². The van der Waals surface area contributed by atoms with Gasteiger partial charge in [0.15, 0.2) is 0 Å². The molecule has 0 saturated carbocycles. The monoisotopic (exact) mass is 395 g/mol. The average molecular weight is 396 g/mol. The minimum atomic E-state index is -3.50. The summed E-state index contributed by atoms with van der Waals surface area (Å²) < 4.78 is 27.3. The maximum absolute atomic E-state index is 12.9. The molecule has 0 aliphatic carbocycles. The third-order valence-electron chi connectivity index (χ3n) is 5.09. The second-order valence-corrected chi connectivity index (χ2v) is 10.1. The predicted octanol–water partition coefficient (Wildman–Crippen LogP) is 2.11. The molecule has 7 heteroatoms. The first-order valence-electron chi connectivity index (χ1n) is 9.69. The predicted molar refractivity (Wildman–Crippen MR) is 108 cm³/mol. The summed E-state index contributed by atoms with van der Waals surface area (Å²) in [6, 6.07) is 7.16. The molecular weight excluding hydrogens is 362 g/mol. The summed E-state index contributed by atoms with van der Waals surface area (Å²) in [5.41, 5.74) is 1.09. The van der Waals surface area contributed by atoms with Gasteiger partial charge in [-0.15, -0.1) is 0 Å². The Morgan fingerprint density at radius 2 is 1.70 bits per heavy atom. The van der Waals surface area contributed by atoms with Crippen molar-refractivity contribution in [3.8, 4) is 0 Å². The van der Waals surface area contributed by atoms with Gasteiger partial charge in [-0.2, -0.15) is 4.31 Å². The van der Waals surface area contributed by atoms with Crippen molar-refractivity contribution < 1.29 is 13.2 Å². The highest BCUT2D eigenvalue weighted by molar-refractivity contribution is 7.89. The lowest BCUT2D eigenvalue weighted by Crippen LogP contribution is -2.43. The summed E-state index contributed by atoms with van der Waals surface area (Å²) >= 11 is 0. The zero-order valence-electron chi connectivity index (χ0n) is 16.9. The average Bonchev–Trinajstić information content (AvgIpc) is 2.64. The van der Waals surface area contributed by atoms with E-state index >= 15 is 0 Å². The lowest BCUT2D eigenvalue weighted by molar-refractivity contribution is -0.126. The van der Waals surface area contributed by atoms with E-state index in [-0.39, 0.29) is 17.2 Å². The highest BCUT2D eigenvalue weighted by atomic mass is 32.2. The molecule has 1 aliphatic rings.